The summed E-state index contributed by atoms with van der Waals surface area (Å²) in [4.78, 5) is 0. The van der Waals surface area contributed by atoms with Crippen LogP contribution in [0.2, 0.25) is 5.02 Å². The highest BCUT2D eigenvalue weighted by atomic mass is 35.5. The second-order valence-corrected chi connectivity index (χ2v) is 8.77. The number of methoxy groups -OCH3 is 4. The van der Waals surface area contributed by atoms with E-state index >= 15 is 0 Å². The molecule has 2 heterocycles. The molecule has 5 nitrogen and oxygen atoms in total. The molecule has 0 bridgehead atoms. The van der Waals surface area contributed by atoms with Crippen molar-refractivity contribution in [1.29, 1.82) is 0 Å². The molecule has 1 aliphatic heterocycles. The predicted molar refractivity (Wildman–Crippen MR) is 134 cm³/mol. The number of halogens is 1. The molecule has 0 fully saturated rings. The molecule has 4 aromatic rings. The molecule has 0 atom stereocenters. The molecule has 0 aliphatic carbocycles. The van der Waals surface area contributed by atoms with Crippen LogP contribution in [0.5, 0.6) is 23.0 Å². The Morgan fingerprint density at radius 3 is 2.29 bits per heavy atom. The maximum atomic E-state index is 6.34. The number of aryl methyl sites for hydroxylation is 2. The third kappa shape index (κ3) is 3.70. The topological polar surface area (TPSA) is 40.8 Å². The lowest BCUT2D eigenvalue weighted by molar-refractivity contribution is -0.686. The summed E-state index contributed by atoms with van der Waals surface area (Å²) in [5, 5.41) is 2.86. The summed E-state index contributed by atoms with van der Waals surface area (Å²) in [6.07, 6.45) is 3.78. The molecule has 0 saturated carbocycles. The summed E-state index contributed by atoms with van der Waals surface area (Å²) in [6.45, 7) is 0.844. The number of ether oxygens (including phenoxy) is 4. The van der Waals surface area contributed by atoms with Crippen LogP contribution in [0, 0.1) is 0 Å². The highest BCUT2D eigenvalue weighted by molar-refractivity contribution is 6.30. The van der Waals surface area contributed by atoms with Crippen LogP contribution in [-0.4, -0.2) is 28.4 Å². The maximum Gasteiger partial charge on any atom is 0.217 e. The molecule has 174 valence electrons. The van der Waals surface area contributed by atoms with E-state index in [1.165, 1.54) is 16.8 Å². The van der Waals surface area contributed by atoms with Crippen LogP contribution in [0.1, 0.15) is 16.7 Å². The molecule has 0 spiro atoms. The largest absolute Gasteiger partial charge is 0.493 e. The smallest absolute Gasteiger partial charge is 0.217 e. The summed E-state index contributed by atoms with van der Waals surface area (Å²) < 4.78 is 25.0. The van der Waals surface area contributed by atoms with Gasteiger partial charge in [0, 0.05) is 28.8 Å². The van der Waals surface area contributed by atoms with Crippen LogP contribution in [0.25, 0.3) is 22.0 Å². The van der Waals surface area contributed by atoms with Gasteiger partial charge >= 0.3 is 0 Å². The van der Waals surface area contributed by atoms with Gasteiger partial charge in [0.2, 0.25) is 5.69 Å². The lowest BCUT2D eigenvalue weighted by atomic mass is 9.88. The Morgan fingerprint density at radius 1 is 0.824 bits per heavy atom. The first-order valence-corrected chi connectivity index (χ1v) is 11.6. The third-order valence-electron chi connectivity index (χ3n) is 6.52. The van der Waals surface area contributed by atoms with Gasteiger partial charge in [0.15, 0.2) is 35.7 Å². The van der Waals surface area contributed by atoms with E-state index in [2.05, 4.69) is 35.0 Å². The van der Waals surface area contributed by atoms with Gasteiger partial charge in [-0.3, -0.25) is 0 Å². The van der Waals surface area contributed by atoms with Gasteiger partial charge in [-0.15, -0.1) is 0 Å². The molecule has 0 N–H and O–H groups in total. The van der Waals surface area contributed by atoms with Crippen molar-refractivity contribution in [2.45, 2.75) is 19.4 Å². The minimum atomic E-state index is 0.715. The number of aromatic nitrogens is 1. The highest BCUT2D eigenvalue weighted by Gasteiger charge is 2.31. The number of hydrogen-bond acceptors (Lipinski definition) is 4. The predicted octanol–water partition coefficient (Wildman–Crippen LogP) is 5.63. The maximum absolute atomic E-state index is 6.34. The van der Waals surface area contributed by atoms with Gasteiger partial charge in [0.1, 0.15) is 0 Å². The van der Waals surface area contributed by atoms with Crippen molar-refractivity contribution in [3.8, 4) is 34.3 Å². The van der Waals surface area contributed by atoms with Crippen molar-refractivity contribution in [2.24, 2.45) is 0 Å². The highest BCUT2D eigenvalue weighted by Crippen LogP contribution is 2.43. The van der Waals surface area contributed by atoms with Crippen molar-refractivity contribution in [3.63, 3.8) is 0 Å². The van der Waals surface area contributed by atoms with E-state index < -0.39 is 0 Å². The Balaban J connectivity index is 1.84. The zero-order valence-corrected chi connectivity index (χ0v) is 20.5. The molecule has 1 aromatic heterocycles. The van der Waals surface area contributed by atoms with Crippen LogP contribution in [0.4, 0.5) is 0 Å². The molecule has 0 saturated heterocycles. The van der Waals surface area contributed by atoms with Gasteiger partial charge in [0.25, 0.3) is 0 Å². The normalized spacial score (nSPS) is 12.1. The van der Waals surface area contributed by atoms with E-state index in [4.69, 9.17) is 30.5 Å². The zero-order chi connectivity index (χ0) is 23.8. The quantitative estimate of drug-likeness (QED) is 0.338. The average Bonchev–Trinajstić information content (AvgIpc) is 2.86. The molecule has 3 aromatic carbocycles. The molecule has 0 unspecified atom stereocenters. The van der Waals surface area contributed by atoms with Gasteiger partial charge in [-0.25, -0.2) is 0 Å². The van der Waals surface area contributed by atoms with Crippen molar-refractivity contribution >= 4 is 22.4 Å². The Morgan fingerprint density at radius 2 is 1.59 bits per heavy atom. The van der Waals surface area contributed by atoms with Crippen molar-refractivity contribution in [2.75, 3.05) is 28.4 Å². The van der Waals surface area contributed by atoms with E-state index in [1.807, 2.05) is 24.3 Å². The van der Waals surface area contributed by atoms with E-state index in [-0.39, 0.29) is 0 Å². The van der Waals surface area contributed by atoms with Crippen LogP contribution >= 0.6 is 11.6 Å². The van der Waals surface area contributed by atoms with E-state index in [0.717, 1.165) is 63.6 Å². The first-order chi connectivity index (χ1) is 16.6. The van der Waals surface area contributed by atoms with Gasteiger partial charge in [-0.2, -0.15) is 4.57 Å². The molecule has 1 aliphatic rings. The second-order valence-electron chi connectivity index (χ2n) is 8.33. The van der Waals surface area contributed by atoms with Gasteiger partial charge in [-0.1, -0.05) is 23.7 Å². The number of fused-ring (bicyclic) bond motifs is 4. The fourth-order valence-corrected chi connectivity index (χ4v) is 5.19. The Bertz CT molecular complexity index is 1400. The molecule has 6 heteroatoms. The Labute approximate surface area is 204 Å². The molecular formula is C28H27ClNO4+. The van der Waals surface area contributed by atoms with Crippen molar-refractivity contribution in [3.05, 3.63) is 76.4 Å². The fraction of sp³-hybridized carbons (Fsp3) is 0.250. The lowest BCUT2D eigenvalue weighted by Crippen LogP contribution is -2.41. The minimum absolute atomic E-state index is 0.715. The molecule has 0 amide bonds. The van der Waals surface area contributed by atoms with Gasteiger partial charge in [0.05, 0.1) is 39.4 Å². The van der Waals surface area contributed by atoms with Gasteiger partial charge < -0.3 is 18.9 Å². The number of nitrogens with zero attached hydrogens (tertiary/aromatic N) is 1. The van der Waals surface area contributed by atoms with Crippen LogP contribution in [-0.2, 0) is 19.4 Å². The first kappa shape index (κ1) is 22.4. The van der Waals surface area contributed by atoms with Crippen LogP contribution in [0.15, 0.2) is 54.7 Å². The fourth-order valence-electron chi connectivity index (χ4n) is 4.98. The molecule has 0 radical (unpaired) electrons. The molecular weight excluding hydrogens is 450 g/mol. The van der Waals surface area contributed by atoms with E-state index in [1.54, 1.807) is 28.4 Å². The summed E-state index contributed by atoms with van der Waals surface area (Å²) in [5.74, 6) is 2.92. The average molecular weight is 477 g/mol. The Kier molecular flexibility index (Phi) is 5.96. The SMILES string of the molecule is COc1cc2c(cc1OC)-c1c(Cc3cccc(Cl)c3)c3ccc(OC)c(OC)c3c[n+]1CC2. The van der Waals surface area contributed by atoms with Crippen LogP contribution < -0.4 is 23.5 Å². The number of rotatable bonds is 6. The number of hydrogen-bond donors (Lipinski definition) is 0. The van der Waals surface area contributed by atoms with Crippen LogP contribution in [0.3, 0.4) is 0 Å². The van der Waals surface area contributed by atoms with Crippen molar-refractivity contribution < 1.29 is 23.5 Å². The van der Waals surface area contributed by atoms with E-state index in [0.29, 0.717) is 5.75 Å². The molecule has 5 rings (SSSR count). The van der Waals surface area contributed by atoms with E-state index in [9.17, 15) is 0 Å². The Hall–Kier alpha value is -3.44. The molecule has 34 heavy (non-hydrogen) atoms. The lowest BCUT2D eigenvalue weighted by Gasteiger charge is -2.22. The first-order valence-electron chi connectivity index (χ1n) is 11.2. The van der Waals surface area contributed by atoms with Crippen molar-refractivity contribution in [1.82, 2.24) is 0 Å². The summed E-state index contributed by atoms with van der Waals surface area (Å²) in [7, 11) is 6.70. The summed E-state index contributed by atoms with van der Waals surface area (Å²) >= 11 is 6.34. The standard InChI is InChI=1S/C28H27ClNO4/c1-31-24-9-8-20-22(13-17-6-5-7-19(29)12-17)27-21-15-26(33-3)25(32-2)14-18(21)10-11-30(27)16-23(20)28(24)34-4/h5-9,12,14-16H,10-11,13H2,1-4H3/q+1. The minimum Gasteiger partial charge on any atom is -0.493 e. The van der Waals surface area contributed by atoms with Gasteiger partial charge in [-0.05, 0) is 47.5 Å². The monoisotopic (exact) mass is 476 g/mol. The zero-order valence-electron chi connectivity index (χ0n) is 19.8. The summed E-state index contributed by atoms with van der Waals surface area (Å²) in [5.41, 5.74) is 5.91. The number of benzene rings is 3. The summed E-state index contributed by atoms with van der Waals surface area (Å²) in [6, 6.07) is 16.3. The second kappa shape index (κ2) is 9.07. The number of pyridine rings is 1. The third-order valence-corrected chi connectivity index (χ3v) is 6.76.